The summed E-state index contributed by atoms with van der Waals surface area (Å²) in [6.07, 6.45) is 1.16. The van der Waals surface area contributed by atoms with E-state index in [2.05, 4.69) is 0 Å². The lowest BCUT2D eigenvalue weighted by atomic mass is 9.88. The van der Waals surface area contributed by atoms with Crippen LogP contribution in [-0.4, -0.2) is 61.9 Å². The van der Waals surface area contributed by atoms with Crippen molar-refractivity contribution in [1.29, 1.82) is 0 Å². The summed E-state index contributed by atoms with van der Waals surface area (Å²) < 4.78 is 10.4. The number of carboxylic acids is 1. The lowest BCUT2D eigenvalue weighted by molar-refractivity contribution is -0.152. The third kappa shape index (κ3) is 4.53. The molecule has 0 spiro atoms. The Hall–Kier alpha value is -1.92. The summed E-state index contributed by atoms with van der Waals surface area (Å²) in [5, 5.41) is 9.39. The smallest absolute Gasteiger partial charge is 0.313 e. The molecule has 0 radical (unpaired) electrons. The van der Waals surface area contributed by atoms with E-state index in [1.807, 2.05) is 30.3 Å². The zero-order chi connectivity index (χ0) is 16.7. The maximum absolute atomic E-state index is 12.1. The van der Waals surface area contributed by atoms with Crippen molar-refractivity contribution in [3.05, 3.63) is 35.9 Å². The van der Waals surface area contributed by atoms with E-state index < -0.39 is 11.4 Å². The van der Waals surface area contributed by atoms with Crippen molar-refractivity contribution in [2.45, 2.75) is 12.8 Å². The van der Waals surface area contributed by atoms with E-state index >= 15 is 0 Å². The molecule has 0 aliphatic carbocycles. The van der Waals surface area contributed by atoms with Gasteiger partial charge in [-0.05, 0) is 18.4 Å². The van der Waals surface area contributed by atoms with Gasteiger partial charge >= 0.3 is 5.97 Å². The second-order valence-electron chi connectivity index (χ2n) is 5.87. The first-order valence-electron chi connectivity index (χ1n) is 7.69. The van der Waals surface area contributed by atoms with E-state index in [0.29, 0.717) is 19.6 Å². The predicted octanol–water partition coefficient (Wildman–Crippen LogP) is 1.20. The normalized spacial score (nSPS) is 20.7. The van der Waals surface area contributed by atoms with Gasteiger partial charge in [0.05, 0.1) is 13.2 Å². The number of rotatable bonds is 8. The fourth-order valence-electron chi connectivity index (χ4n) is 2.80. The third-order valence-electron chi connectivity index (χ3n) is 4.18. The Labute approximate surface area is 136 Å². The second-order valence-corrected chi connectivity index (χ2v) is 5.87. The molecule has 1 N–H and O–H groups in total. The topological polar surface area (TPSA) is 76.1 Å². The van der Waals surface area contributed by atoms with Crippen molar-refractivity contribution in [3.8, 4) is 0 Å². The van der Waals surface area contributed by atoms with Gasteiger partial charge in [0.25, 0.3) is 0 Å². The standard InChI is InChI=1S/C17H23NO5/c1-22-13-17(16(20)21)8-9-18(12-17)15(19)11-23-10-7-14-5-3-2-4-6-14/h2-6H,7-13H2,1H3,(H,20,21). The first-order chi connectivity index (χ1) is 11.1. The molecule has 23 heavy (non-hydrogen) atoms. The summed E-state index contributed by atoms with van der Waals surface area (Å²) >= 11 is 0. The summed E-state index contributed by atoms with van der Waals surface area (Å²) in [6, 6.07) is 9.91. The van der Waals surface area contributed by atoms with Gasteiger partial charge in [0.2, 0.25) is 5.91 Å². The highest BCUT2D eigenvalue weighted by molar-refractivity contribution is 5.81. The number of hydrogen-bond acceptors (Lipinski definition) is 4. The van der Waals surface area contributed by atoms with Gasteiger partial charge in [-0.25, -0.2) is 0 Å². The van der Waals surface area contributed by atoms with Gasteiger partial charge < -0.3 is 19.5 Å². The molecule has 6 heteroatoms. The predicted molar refractivity (Wildman–Crippen MR) is 84.1 cm³/mol. The fraction of sp³-hybridized carbons (Fsp3) is 0.529. The molecule has 1 unspecified atom stereocenters. The highest BCUT2D eigenvalue weighted by Gasteiger charge is 2.46. The van der Waals surface area contributed by atoms with Gasteiger partial charge in [0, 0.05) is 20.2 Å². The van der Waals surface area contributed by atoms with Crippen molar-refractivity contribution in [1.82, 2.24) is 4.90 Å². The van der Waals surface area contributed by atoms with Gasteiger partial charge in [0.15, 0.2) is 0 Å². The Morgan fingerprint density at radius 3 is 2.70 bits per heavy atom. The molecule has 1 atom stereocenters. The first-order valence-corrected chi connectivity index (χ1v) is 7.69. The fourth-order valence-corrected chi connectivity index (χ4v) is 2.80. The number of ether oxygens (including phenoxy) is 2. The molecule has 0 saturated carbocycles. The molecular weight excluding hydrogens is 298 g/mol. The number of aliphatic carboxylic acids is 1. The van der Waals surface area contributed by atoms with Crippen LogP contribution in [0.25, 0.3) is 0 Å². The van der Waals surface area contributed by atoms with Crippen LogP contribution >= 0.6 is 0 Å². The monoisotopic (exact) mass is 321 g/mol. The molecule has 2 rings (SSSR count). The zero-order valence-electron chi connectivity index (χ0n) is 13.4. The minimum absolute atomic E-state index is 0.0183. The van der Waals surface area contributed by atoms with Crippen LogP contribution in [0.3, 0.4) is 0 Å². The molecule has 1 saturated heterocycles. The van der Waals surface area contributed by atoms with Gasteiger partial charge in [-0.3, -0.25) is 9.59 Å². The number of nitrogens with zero attached hydrogens (tertiary/aromatic N) is 1. The Balaban J connectivity index is 1.75. The first kappa shape index (κ1) is 17.4. The molecule has 1 aliphatic rings. The van der Waals surface area contributed by atoms with Crippen LogP contribution in [0.2, 0.25) is 0 Å². The summed E-state index contributed by atoms with van der Waals surface area (Å²) in [5.74, 6) is -1.09. The van der Waals surface area contributed by atoms with Crippen LogP contribution in [0.4, 0.5) is 0 Å². The van der Waals surface area contributed by atoms with Crippen LogP contribution in [0.1, 0.15) is 12.0 Å². The van der Waals surface area contributed by atoms with Crippen molar-refractivity contribution in [3.63, 3.8) is 0 Å². The molecule has 0 aromatic heterocycles. The summed E-state index contributed by atoms with van der Waals surface area (Å²) in [6.45, 7) is 1.16. The molecular formula is C17H23NO5. The Kier molecular flexibility index (Phi) is 6.12. The minimum atomic E-state index is -0.992. The van der Waals surface area contributed by atoms with E-state index in [1.165, 1.54) is 7.11 Å². The van der Waals surface area contributed by atoms with E-state index in [4.69, 9.17) is 9.47 Å². The van der Waals surface area contributed by atoms with Gasteiger partial charge in [-0.1, -0.05) is 30.3 Å². The summed E-state index contributed by atoms with van der Waals surface area (Å²) in [5.41, 5.74) is 0.167. The quantitative estimate of drug-likeness (QED) is 0.728. The summed E-state index contributed by atoms with van der Waals surface area (Å²) in [4.78, 5) is 25.1. The number of likely N-dealkylation sites (tertiary alicyclic amines) is 1. The number of benzene rings is 1. The molecule has 1 aromatic rings. The number of carbonyl (C=O) groups excluding carboxylic acids is 1. The van der Waals surface area contributed by atoms with Crippen molar-refractivity contribution < 1.29 is 24.2 Å². The lowest BCUT2D eigenvalue weighted by Gasteiger charge is -2.23. The van der Waals surface area contributed by atoms with E-state index in [1.54, 1.807) is 4.90 Å². The van der Waals surface area contributed by atoms with Gasteiger partial charge in [0.1, 0.15) is 12.0 Å². The van der Waals surface area contributed by atoms with Gasteiger partial charge in [-0.2, -0.15) is 0 Å². The third-order valence-corrected chi connectivity index (χ3v) is 4.18. The summed E-state index contributed by atoms with van der Waals surface area (Å²) in [7, 11) is 1.47. The maximum atomic E-state index is 12.1. The molecule has 1 heterocycles. The average Bonchev–Trinajstić information content (AvgIpc) is 2.98. The SMILES string of the molecule is COCC1(C(=O)O)CCN(C(=O)COCCc2ccccc2)C1. The van der Waals surface area contributed by atoms with Crippen LogP contribution in [-0.2, 0) is 25.5 Å². The van der Waals surface area contributed by atoms with E-state index in [0.717, 1.165) is 12.0 Å². The largest absolute Gasteiger partial charge is 0.481 e. The molecule has 0 bridgehead atoms. The van der Waals surface area contributed by atoms with Crippen LogP contribution in [0.5, 0.6) is 0 Å². The molecule has 1 amide bonds. The highest BCUT2D eigenvalue weighted by atomic mass is 16.5. The van der Waals surface area contributed by atoms with Crippen molar-refractivity contribution >= 4 is 11.9 Å². The lowest BCUT2D eigenvalue weighted by Crippen LogP contribution is -2.41. The van der Waals surface area contributed by atoms with Crippen LogP contribution < -0.4 is 0 Å². The number of amides is 1. The Morgan fingerprint density at radius 1 is 1.30 bits per heavy atom. The highest BCUT2D eigenvalue weighted by Crippen LogP contribution is 2.31. The maximum Gasteiger partial charge on any atom is 0.313 e. The van der Waals surface area contributed by atoms with Crippen LogP contribution in [0.15, 0.2) is 30.3 Å². The number of hydrogen-bond donors (Lipinski definition) is 1. The molecule has 126 valence electrons. The second kappa shape index (κ2) is 8.08. The van der Waals surface area contributed by atoms with Crippen molar-refractivity contribution in [2.75, 3.05) is 40.0 Å². The molecule has 1 aromatic carbocycles. The molecule has 6 nitrogen and oxygen atoms in total. The molecule has 1 fully saturated rings. The van der Waals surface area contributed by atoms with Gasteiger partial charge in [-0.15, -0.1) is 0 Å². The van der Waals surface area contributed by atoms with E-state index in [9.17, 15) is 14.7 Å². The number of carboxylic acid groups (broad SMARTS) is 1. The van der Waals surface area contributed by atoms with Crippen LogP contribution in [0, 0.1) is 5.41 Å². The Morgan fingerprint density at radius 2 is 2.04 bits per heavy atom. The van der Waals surface area contributed by atoms with E-state index in [-0.39, 0.29) is 25.7 Å². The Bertz CT molecular complexity index is 533. The average molecular weight is 321 g/mol. The zero-order valence-corrected chi connectivity index (χ0v) is 13.4. The van der Waals surface area contributed by atoms with Crippen molar-refractivity contribution in [2.24, 2.45) is 5.41 Å². The minimum Gasteiger partial charge on any atom is -0.481 e. The molecule has 1 aliphatic heterocycles. The number of carbonyl (C=O) groups is 2. The number of methoxy groups -OCH3 is 1.